The fourth-order valence-electron chi connectivity index (χ4n) is 2.39. The molecule has 0 aliphatic carbocycles. The first-order chi connectivity index (χ1) is 12.2. The van der Waals surface area contributed by atoms with Crippen molar-refractivity contribution in [2.75, 3.05) is 13.7 Å². The van der Waals surface area contributed by atoms with Gasteiger partial charge in [0, 0.05) is 26.4 Å². The van der Waals surface area contributed by atoms with E-state index in [-0.39, 0.29) is 17.9 Å². The lowest BCUT2D eigenvalue weighted by Crippen LogP contribution is -2.26. The third-order valence-electron chi connectivity index (χ3n) is 3.94. The zero-order valence-electron chi connectivity index (χ0n) is 15.6. The predicted octanol–water partition coefficient (Wildman–Crippen LogP) is 3.53. The van der Waals surface area contributed by atoms with Crippen molar-refractivity contribution in [3.8, 4) is 16.9 Å². The summed E-state index contributed by atoms with van der Waals surface area (Å²) in [4.78, 5) is 24.3. The number of hydrogen-bond acceptors (Lipinski definition) is 4. The molecular weight excluding hydrogens is 350 g/mol. The van der Waals surface area contributed by atoms with Crippen molar-refractivity contribution in [2.45, 2.75) is 32.4 Å². The molecule has 0 saturated heterocycles. The Bertz CT molecular complexity index is 839. The summed E-state index contributed by atoms with van der Waals surface area (Å²) in [5.74, 6) is -0.495. The van der Waals surface area contributed by atoms with Crippen molar-refractivity contribution >= 4 is 14.0 Å². The molecule has 0 radical (unpaired) electrons. The molecule has 0 bridgehead atoms. The molecule has 1 N–H and O–H groups in total. The summed E-state index contributed by atoms with van der Waals surface area (Å²) in [6.45, 7) is 7.31. The maximum absolute atomic E-state index is 12.8. The maximum atomic E-state index is 12.8. The second kappa shape index (κ2) is 8.33. The monoisotopic (exact) mass is 375 g/mol. The predicted molar refractivity (Wildman–Crippen MR) is 104 cm³/mol. The van der Waals surface area contributed by atoms with E-state index < -0.39 is 14.0 Å². The molecular formula is C19H25NO5Si. The van der Waals surface area contributed by atoms with Gasteiger partial charge in [0.05, 0.1) is 12.7 Å². The molecule has 0 fully saturated rings. The van der Waals surface area contributed by atoms with Gasteiger partial charge < -0.3 is 14.6 Å². The van der Waals surface area contributed by atoms with Gasteiger partial charge in [-0.05, 0) is 29.8 Å². The van der Waals surface area contributed by atoms with E-state index in [0.717, 1.165) is 6.04 Å². The van der Waals surface area contributed by atoms with Crippen molar-refractivity contribution in [1.29, 1.82) is 0 Å². The lowest BCUT2D eigenvalue weighted by atomic mass is 10.1. The summed E-state index contributed by atoms with van der Waals surface area (Å²) in [6, 6.07) is 9.35. The topological polar surface area (TPSA) is 77.8 Å². The zero-order valence-corrected chi connectivity index (χ0v) is 16.6. The first-order valence-electron chi connectivity index (χ1n) is 8.41. The largest absolute Gasteiger partial charge is 0.497 e. The van der Waals surface area contributed by atoms with Gasteiger partial charge in [-0.25, -0.2) is 4.79 Å². The molecule has 0 spiro atoms. The summed E-state index contributed by atoms with van der Waals surface area (Å²) < 4.78 is 12.1. The Kier molecular flexibility index (Phi) is 6.39. The summed E-state index contributed by atoms with van der Waals surface area (Å²) in [5, 5.41) is 9.38. The van der Waals surface area contributed by atoms with Gasteiger partial charge in [-0.15, -0.1) is 0 Å². The highest BCUT2D eigenvalue weighted by molar-refractivity contribution is 6.76. The van der Waals surface area contributed by atoms with Gasteiger partial charge in [0.1, 0.15) is 12.5 Å². The summed E-state index contributed by atoms with van der Waals surface area (Å²) in [7, 11) is 0.307. The molecule has 1 heterocycles. The number of carboxylic acids is 1. The minimum Gasteiger partial charge on any atom is -0.497 e. The zero-order chi connectivity index (χ0) is 19.3. The normalized spacial score (nSPS) is 11.4. The van der Waals surface area contributed by atoms with Crippen molar-refractivity contribution in [3.63, 3.8) is 0 Å². The molecule has 1 aromatic heterocycles. The van der Waals surface area contributed by atoms with Crippen LogP contribution >= 0.6 is 0 Å². The van der Waals surface area contributed by atoms with Crippen LogP contribution in [0.15, 0.2) is 41.3 Å². The van der Waals surface area contributed by atoms with Gasteiger partial charge in [0.2, 0.25) is 0 Å². The van der Waals surface area contributed by atoms with E-state index in [1.807, 2.05) is 0 Å². The number of pyridine rings is 1. The number of benzene rings is 1. The fraction of sp³-hybridized carbons (Fsp3) is 0.368. The molecule has 26 heavy (non-hydrogen) atoms. The van der Waals surface area contributed by atoms with E-state index in [2.05, 4.69) is 19.6 Å². The number of ether oxygens (including phenoxy) is 2. The molecule has 1 aromatic carbocycles. The second-order valence-corrected chi connectivity index (χ2v) is 12.9. The number of nitrogens with zero attached hydrogens (tertiary/aromatic N) is 1. The molecule has 0 aliphatic rings. The van der Waals surface area contributed by atoms with Gasteiger partial charge >= 0.3 is 5.97 Å². The molecule has 0 atom stereocenters. The number of carbonyl (C=O) groups is 1. The lowest BCUT2D eigenvalue weighted by Gasteiger charge is -2.16. The highest BCUT2D eigenvalue weighted by atomic mass is 28.3. The van der Waals surface area contributed by atoms with Crippen LogP contribution in [0, 0.1) is 0 Å². The highest BCUT2D eigenvalue weighted by Crippen LogP contribution is 2.22. The number of carboxylic acid groups (broad SMARTS) is 1. The Morgan fingerprint density at radius 1 is 1.23 bits per heavy atom. The van der Waals surface area contributed by atoms with Crippen molar-refractivity contribution < 1.29 is 19.4 Å². The highest BCUT2D eigenvalue weighted by Gasteiger charge is 2.15. The van der Waals surface area contributed by atoms with Crippen molar-refractivity contribution in [2.24, 2.45) is 0 Å². The number of rotatable bonds is 8. The molecule has 0 amide bonds. The molecule has 6 nitrogen and oxygen atoms in total. The molecule has 140 valence electrons. The van der Waals surface area contributed by atoms with Crippen LogP contribution in [0.2, 0.25) is 25.7 Å². The minimum absolute atomic E-state index is 0.0292. The fourth-order valence-corrected chi connectivity index (χ4v) is 3.14. The Morgan fingerprint density at radius 3 is 2.58 bits per heavy atom. The molecule has 7 heteroatoms. The molecule has 0 aliphatic heterocycles. The van der Waals surface area contributed by atoms with Crippen LogP contribution in [0.3, 0.4) is 0 Å². The molecule has 0 unspecified atom stereocenters. The van der Waals surface area contributed by atoms with E-state index in [1.54, 1.807) is 24.3 Å². The summed E-state index contributed by atoms with van der Waals surface area (Å²) >= 11 is 0. The maximum Gasteiger partial charge on any atom is 0.337 e. The Balaban J connectivity index is 2.35. The Hall–Kier alpha value is -2.38. The van der Waals surface area contributed by atoms with Crippen LogP contribution in [0.25, 0.3) is 11.1 Å². The Morgan fingerprint density at radius 2 is 1.96 bits per heavy atom. The molecule has 0 saturated carbocycles. The molecule has 2 aromatic rings. The standard InChI is InChI=1S/C19H25NO5Si/c1-24-16-7-5-6-14(10-16)17-11-15(19(22)23)12-20(18(17)21)13-25-8-9-26(2,3)4/h5-7,10-12H,8-9,13H2,1-4H3,(H,22,23). The average molecular weight is 375 g/mol. The molecule has 2 rings (SSSR count). The number of hydrogen-bond donors (Lipinski definition) is 1. The van der Waals surface area contributed by atoms with Crippen LogP contribution < -0.4 is 10.3 Å². The van der Waals surface area contributed by atoms with Crippen LogP contribution in [-0.4, -0.2) is 37.4 Å². The van der Waals surface area contributed by atoms with Gasteiger partial charge in [-0.3, -0.25) is 9.36 Å². The van der Waals surface area contributed by atoms with Crippen molar-refractivity contribution in [1.82, 2.24) is 4.57 Å². The van der Waals surface area contributed by atoms with Crippen LogP contribution in [0.5, 0.6) is 5.75 Å². The first-order valence-corrected chi connectivity index (χ1v) is 12.1. The minimum atomic E-state index is -1.23. The second-order valence-electron chi connectivity index (χ2n) is 7.30. The van der Waals surface area contributed by atoms with Gasteiger partial charge in [0.25, 0.3) is 5.56 Å². The quantitative estimate of drug-likeness (QED) is 0.564. The van der Waals surface area contributed by atoms with Crippen LogP contribution in [-0.2, 0) is 11.5 Å². The lowest BCUT2D eigenvalue weighted by molar-refractivity contribution is 0.0689. The van der Waals surface area contributed by atoms with E-state index in [1.165, 1.54) is 23.9 Å². The Labute approximate surface area is 154 Å². The van der Waals surface area contributed by atoms with Crippen LogP contribution in [0.4, 0.5) is 0 Å². The summed E-state index contributed by atoms with van der Waals surface area (Å²) in [5.41, 5.74) is 0.651. The number of methoxy groups -OCH3 is 1. The van der Waals surface area contributed by atoms with Gasteiger partial charge in [0.15, 0.2) is 0 Å². The SMILES string of the molecule is COc1cccc(-c2cc(C(=O)O)cn(COCC[Si](C)(C)C)c2=O)c1. The third-order valence-corrected chi connectivity index (χ3v) is 5.64. The van der Waals surface area contributed by atoms with E-state index in [0.29, 0.717) is 23.5 Å². The smallest absolute Gasteiger partial charge is 0.337 e. The van der Waals surface area contributed by atoms with E-state index >= 15 is 0 Å². The summed E-state index contributed by atoms with van der Waals surface area (Å²) in [6.07, 6.45) is 1.32. The van der Waals surface area contributed by atoms with E-state index in [4.69, 9.17) is 9.47 Å². The number of aromatic carboxylic acids is 1. The third kappa shape index (κ3) is 5.31. The van der Waals surface area contributed by atoms with Gasteiger partial charge in [-0.1, -0.05) is 31.8 Å². The van der Waals surface area contributed by atoms with Gasteiger partial charge in [-0.2, -0.15) is 0 Å². The first kappa shape index (κ1) is 19.9. The van der Waals surface area contributed by atoms with Crippen molar-refractivity contribution in [3.05, 3.63) is 52.4 Å². The van der Waals surface area contributed by atoms with Crippen LogP contribution in [0.1, 0.15) is 10.4 Å². The average Bonchev–Trinajstić information content (AvgIpc) is 2.58. The number of aromatic nitrogens is 1. The van der Waals surface area contributed by atoms with E-state index in [9.17, 15) is 14.7 Å².